The second-order valence-corrected chi connectivity index (χ2v) is 8.01. The lowest BCUT2D eigenvalue weighted by Gasteiger charge is -2.24. The lowest BCUT2D eigenvalue weighted by Crippen LogP contribution is -2.27. The van der Waals surface area contributed by atoms with Crippen LogP contribution in [0.25, 0.3) is 0 Å². The number of rotatable bonds is 7. The summed E-state index contributed by atoms with van der Waals surface area (Å²) in [4.78, 5) is 13.6. The van der Waals surface area contributed by atoms with E-state index in [1.165, 1.54) is 5.01 Å². The predicted molar refractivity (Wildman–Crippen MR) is 131 cm³/mol. The third-order valence-electron chi connectivity index (χ3n) is 5.71. The summed E-state index contributed by atoms with van der Waals surface area (Å²) in [7, 11) is 6.36. The lowest BCUT2D eigenvalue weighted by molar-refractivity contribution is 0.0709. The molecule has 0 N–H and O–H groups in total. The molecule has 0 saturated carbocycles. The molecule has 3 aromatic carbocycles. The minimum absolute atomic E-state index is 0.307. The Hall–Kier alpha value is -3.71. The van der Waals surface area contributed by atoms with Crippen molar-refractivity contribution < 1.29 is 23.7 Å². The maximum Gasteiger partial charge on any atom is 0.276 e. The maximum atomic E-state index is 13.6. The van der Waals surface area contributed by atoms with Gasteiger partial charge in [0.05, 0.1) is 50.8 Å². The number of hydrogen-bond acceptors (Lipinski definition) is 6. The molecule has 7 nitrogen and oxygen atoms in total. The molecule has 0 radical (unpaired) electrons. The van der Waals surface area contributed by atoms with Crippen LogP contribution in [0.3, 0.4) is 0 Å². The van der Waals surface area contributed by atoms with E-state index in [4.69, 9.17) is 35.6 Å². The van der Waals surface area contributed by atoms with Crippen molar-refractivity contribution in [3.63, 3.8) is 0 Å². The second kappa shape index (κ2) is 10.1. The van der Waals surface area contributed by atoms with Crippen LogP contribution in [0.1, 0.15) is 33.9 Å². The van der Waals surface area contributed by atoms with E-state index in [0.29, 0.717) is 45.7 Å². The highest BCUT2D eigenvalue weighted by molar-refractivity contribution is 6.33. The van der Waals surface area contributed by atoms with Crippen LogP contribution in [0.15, 0.2) is 65.8 Å². The minimum Gasteiger partial charge on any atom is -0.497 e. The topological polar surface area (TPSA) is 69.6 Å². The molecule has 0 spiro atoms. The first kappa shape index (κ1) is 23.4. The summed E-state index contributed by atoms with van der Waals surface area (Å²) in [5.74, 6) is 2.21. The number of halogens is 1. The van der Waals surface area contributed by atoms with Gasteiger partial charge < -0.3 is 18.9 Å². The molecule has 176 valence electrons. The largest absolute Gasteiger partial charge is 0.497 e. The number of carbonyl (C=O) groups is 1. The molecule has 0 saturated heterocycles. The van der Waals surface area contributed by atoms with Crippen LogP contribution in [-0.2, 0) is 0 Å². The molecule has 0 bridgehead atoms. The zero-order chi connectivity index (χ0) is 24.2. The van der Waals surface area contributed by atoms with E-state index in [1.54, 1.807) is 64.8 Å². The Morgan fingerprint density at radius 2 is 1.56 bits per heavy atom. The van der Waals surface area contributed by atoms with Crippen molar-refractivity contribution in [2.45, 2.75) is 12.5 Å². The van der Waals surface area contributed by atoms with Gasteiger partial charge in [0.15, 0.2) is 0 Å². The molecule has 0 aliphatic carbocycles. The van der Waals surface area contributed by atoms with Crippen molar-refractivity contribution in [2.75, 3.05) is 28.4 Å². The SMILES string of the molecule is COc1cc(OC)cc(C2=NN(C(=O)c3ccccc3Cl)[C@H](c3ccc(OC)cc3OC)C2)c1. The van der Waals surface area contributed by atoms with Gasteiger partial charge in [0.1, 0.15) is 23.0 Å². The molecule has 1 aliphatic heterocycles. The van der Waals surface area contributed by atoms with Gasteiger partial charge in [-0.05, 0) is 36.4 Å². The Morgan fingerprint density at radius 3 is 2.18 bits per heavy atom. The second-order valence-electron chi connectivity index (χ2n) is 7.61. The summed E-state index contributed by atoms with van der Waals surface area (Å²) < 4.78 is 21.8. The minimum atomic E-state index is -0.420. The van der Waals surface area contributed by atoms with Crippen LogP contribution >= 0.6 is 11.6 Å². The number of carbonyl (C=O) groups excluding carboxylic acids is 1. The quantitative estimate of drug-likeness (QED) is 0.455. The predicted octanol–water partition coefficient (Wildman–Crippen LogP) is 5.37. The number of hydrazone groups is 1. The average Bonchev–Trinajstić information content (AvgIpc) is 3.33. The van der Waals surface area contributed by atoms with Crippen LogP contribution in [0, 0.1) is 0 Å². The van der Waals surface area contributed by atoms with E-state index < -0.39 is 6.04 Å². The number of hydrogen-bond donors (Lipinski definition) is 0. The third-order valence-corrected chi connectivity index (χ3v) is 6.04. The standard InChI is InChI=1S/C26H25ClN2O5/c1-31-17-9-10-21(25(14-17)34-4)24-15-23(16-11-18(32-2)13-19(12-16)33-3)28-29(24)26(30)20-7-5-6-8-22(20)27/h5-14,24H,15H2,1-4H3/t24-/m0/s1. The fourth-order valence-electron chi connectivity index (χ4n) is 3.94. The first-order valence-corrected chi connectivity index (χ1v) is 11.0. The Morgan fingerprint density at radius 1 is 0.882 bits per heavy atom. The molecule has 1 aliphatic rings. The Labute approximate surface area is 203 Å². The molecule has 4 rings (SSSR count). The van der Waals surface area contributed by atoms with Crippen molar-refractivity contribution in [2.24, 2.45) is 5.10 Å². The zero-order valence-corrected chi connectivity index (χ0v) is 20.1. The van der Waals surface area contributed by atoms with Crippen LogP contribution in [-0.4, -0.2) is 45.1 Å². The van der Waals surface area contributed by atoms with Crippen LogP contribution in [0.5, 0.6) is 23.0 Å². The number of amides is 1. The van der Waals surface area contributed by atoms with Gasteiger partial charge in [-0.25, -0.2) is 5.01 Å². The maximum absolute atomic E-state index is 13.6. The molecule has 3 aromatic rings. The lowest BCUT2D eigenvalue weighted by atomic mass is 9.97. The molecule has 1 heterocycles. The highest BCUT2D eigenvalue weighted by Gasteiger charge is 2.36. The first-order chi connectivity index (χ1) is 16.5. The van der Waals surface area contributed by atoms with Gasteiger partial charge in [0.25, 0.3) is 5.91 Å². The normalized spacial score (nSPS) is 15.0. The molecule has 1 atom stereocenters. The Bertz CT molecular complexity index is 1220. The van der Waals surface area contributed by atoms with E-state index >= 15 is 0 Å². The van der Waals surface area contributed by atoms with E-state index in [-0.39, 0.29) is 5.91 Å². The third kappa shape index (κ3) is 4.52. The van der Waals surface area contributed by atoms with Gasteiger partial charge in [-0.2, -0.15) is 5.10 Å². The van der Waals surface area contributed by atoms with E-state index in [1.807, 2.05) is 24.3 Å². The van der Waals surface area contributed by atoms with Gasteiger partial charge in [0, 0.05) is 29.7 Å². The van der Waals surface area contributed by atoms with Gasteiger partial charge >= 0.3 is 0 Å². The molecular weight excluding hydrogens is 456 g/mol. The van der Waals surface area contributed by atoms with Crippen molar-refractivity contribution in [1.29, 1.82) is 0 Å². The summed E-state index contributed by atoms with van der Waals surface area (Å²) in [6, 6.07) is 17.6. The summed E-state index contributed by atoms with van der Waals surface area (Å²) >= 11 is 6.35. The highest BCUT2D eigenvalue weighted by Crippen LogP contribution is 2.41. The van der Waals surface area contributed by atoms with Crippen molar-refractivity contribution in [3.8, 4) is 23.0 Å². The van der Waals surface area contributed by atoms with Crippen molar-refractivity contribution in [3.05, 3.63) is 82.4 Å². The molecule has 1 amide bonds. The molecule has 34 heavy (non-hydrogen) atoms. The van der Waals surface area contributed by atoms with Crippen LogP contribution in [0.4, 0.5) is 0 Å². The molecule has 0 aromatic heterocycles. The van der Waals surface area contributed by atoms with Crippen molar-refractivity contribution >= 4 is 23.2 Å². The summed E-state index contributed by atoms with van der Waals surface area (Å²) in [6.07, 6.45) is 0.454. The summed E-state index contributed by atoms with van der Waals surface area (Å²) in [6.45, 7) is 0. The number of methoxy groups -OCH3 is 4. The molecule has 0 unspecified atom stereocenters. The van der Waals surface area contributed by atoms with Gasteiger partial charge in [-0.15, -0.1) is 0 Å². The van der Waals surface area contributed by atoms with E-state index in [0.717, 1.165) is 11.1 Å². The molecule has 8 heteroatoms. The van der Waals surface area contributed by atoms with Crippen molar-refractivity contribution in [1.82, 2.24) is 5.01 Å². The fourth-order valence-corrected chi connectivity index (χ4v) is 4.16. The number of ether oxygens (including phenoxy) is 4. The summed E-state index contributed by atoms with van der Waals surface area (Å²) in [5.41, 5.74) is 2.68. The fraction of sp³-hybridized carbons (Fsp3) is 0.231. The number of benzene rings is 3. The van der Waals surface area contributed by atoms with Crippen LogP contribution < -0.4 is 18.9 Å². The Balaban J connectivity index is 1.82. The van der Waals surface area contributed by atoms with Gasteiger partial charge in [-0.3, -0.25) is 4.79 Å². The number of nitrogens with zero attached hydrogens (tertiary/aromatic N) is 2. The van der Waals surface area contributed by atoms with Gasteiger partial charge in [0.2, 0.25) is 0 Å². The van der Waals surface area contributed by atoms with Gasteiger partial charge in [-0.1, -0.05) is 23.7 Å². The highest BCUT2D eigenvalue weighted by atomic mass is 35.5. The average molecular weight is 481 g/mol. The zero-order valence-electron chi connectivity index (χ0n) is 19.4. The Kier molecular flexibility index (Phi) is 6.93. The molecular formula is C26H25ClN2O5. The molecule has 0 fully saturated rings. The van der Waals surface area contributed by atoms with E-state index in [2.05, 4.69) is 0 Å². The van der Waals surface area contributed by atoms with Crippen LogP contribution in [0.2, 0.25) is 5.02 Å². The summed E-state index contributed by atoms with van der Waals surface area (Å²) in [5, 5.41) is 6.57. The van der Waals surface area contributed by atoms with E-state index in [9.17, 15) is 4.79 Å². The first-order valence-electron chi connectivity index (χ1n) is 10.6. The monoisotopic (exact) mass is 480 g/mol. The smallest absolute Gasteiger partial charge is 0.276 e.